The number of piperazine rings is 1. The minimum Gasteiger partial charge on any atom is -0.469 e. The minimum absolute atomic E-state index is 0.00618. The van der Waals surface area contributed by atoms with Crippen LogP contribution in [-0.2, 0) is 9.53 Å². The average Bonchev–Trinajstić information content (AvgIpc) is 2.89. The van der Waals surface area contributed by atoms with Gasteiger partial charge >= 0.3 is 5.97 Å². The maximum absolute atomic E-state index is 11.4. The van der Waals surface area contributed by atoms with Gasteiger partial charge in [-0.25, -0.2) is 0 Å². The van der Waals surface area contributed by atoms with Crippen LogP contribution in [0.3, 0.4) is 0 Å². The Balaban J connectivity index is 1.46. The summed E-state index contributed by atoms with van der Waals surface area (Å²) in [6.45, 7) is 7.84. The van der Waals surface area contributed by atoms with Gasteiger partial charge in [0, 0.05) is 31.9 Å². The van der Waals surface area contributed by atoms with Crippen LogP contribution in [0.4, 0.5) is 5.69 Å². The molecule has 0 aliphatic carbocycles. The van der Waals surface area contributed by atoms with E-state index in [1.165, 1.54) is 109 Å². The Bertz CT molecular complexity index is 656. The summed E-state index contributed by atoms with van der Waals surface area (Å²) in [5.41, 5.74) is 1.95. The largest absolute Gasteiger partial charge is 0.469 e. The zero-order valence-corrected chi connectivity index (χ0v) is 22.7. The summed E-state index contributed by atoms with van der Waals surface area (Å²) in [6, 6.07) is 7.95. The Hall–Kier alpha value is -1.59. The van der Waals surface area contributed by atoms with Crippen molar-refractivity contribution in [3.8, 4) is 0 Å². The number of benzene rings is 1. The smallest absolute Gasteiger partial charge is 0.308 e. The molecule has 1 aliphatic rings. The highest BCUT2D eigenvalue weighted by atomic mass is 16.5. The van der Waals surface area contributed by atoms with Gasteiger partial charge in [0.15, 0.2) is 0 Å². The van der Waals surface area contributed by atoms with Gasteiger partial charge in [-0.3, -0.25) is 9.69 Å². The van der Waals surface area contributed by atoms with E-state index in [2.05, 4.69) is 33.6 Å². The normalized spacial score (nSPS) is 15.3. The molecule has 2 rings (SSSR count). The van der Waals surface area contributed by atoms with Crippen molar-refractivity contribution in [1.29, 1.82) is 0 Å². The molecule has 0 radical (unpaired) electrons. The van der Waals surface area contributed by atoms with E-state index in [0.29, 0.717) is 0 Å². The van der Waals surface area contributed by atoms with Crippen molar-refractivity contribution < 1.29 is 14.6 Å². The van der Waals surface area contributed by atoms with Crippen molar-refractivity contribution in [2.75, 3.05) is 44.7 Å². The van der Waals surface area contributed by atoms with Gasteiger partial charge in [0.05, 0.1) is 19.6 Å². The number of carbonyl (C=O) groups excluding carboxylic acids is 1. The maximum atomic E-state index is 11.4. The zero-order valence-electron chi connectivity index (χ0n) is 22.7. The quantitative estimate of drug-likeness (QED) is 0.170. The molecule has 1 aromatic carbocycles. The predicted octanol–water partition coefficient (Wildman–Crippen LogP) is 6.89. The lowest BCUT2D eigenvalue weighted by molar-refractivity contribution is -0.142. The number of rotatable bonds is 19. The Morgan fingerprint density at radius 1 is 0.800 bits per heavy atom. The van der Waals surface area contributed by atoms with E-state index in [-0.39, 0.29) is 6.42 Å². The number of methoxy groups -OCH3 is 1. The molecule has 0 bridgehead atoms. The van der Waals surface area contributed by atoms with Crippen LogP contribution in [0.5, 0.6) is 0 Å². The summed E-state index contributed by atoms with van der Waals surface area (Å²) in [7, 11) is 1.34. The molecule has 1 heterocycles. The Morgan fingerprint density at radius 2 is 1.29 bits per heavy atom. The molecule has 200 valence electrons. The molecule has 1 aliphatic heterocycles. The van der Waals surface area contributed by atoms with Crippen LogP contribution in [0.2, 0.25) is 0 Å². The van der Waals surface area contributed by atoms with Crippen LogP contribution in [0.15, 0.2) is 24.3 Å². The van der Waals surface area contributed by atoms with E-state index in [4.69, 9.17) is 0 Å². The number of hydrogen-bond donors (Lipinski definition) is 1. The fourth-order valence-corrected chi connectivity index (χ4v) is 5.03. The van der Waals surface area contributed by atoms with Gasteiger partial charge < -0.3 is 14.7 Å². The van der Waals surface area contributed by atoms with E-state index in [1.54, 1.807) is 0 Å². The number of aliphatic hydroxyl groups is 1. The molecule has 0 spiro atoms. The molecule has 5 nitrogen and oxygen atoms in total. The molecule has 1 fully saturated rings. The van der Waals surface area contributed by atoms with E-state index in [9.17, 15) is 9.90 Å². The highest BCUT2D eigenvalue weighted by Gasteiger charge is 2.18. The van der Waals surface area contributed by atoms with E-state index in [0.717, 1.165) is 31.7 Å². The third kappa shape index (κ3) is 12.8. The van der Waals surface area contributed by atoms with E-state index in [1.807, 2.05) is 12.1 Å². The molecule has 0 saturated carbocycles. The lowest BCUT2D eigenvalue weighted by Gasteiger charge is -2.36. The standard InChI is InChI=1S/C30H52N2O3/c1-3-4-5-6-7-8-9-10-11-12-13-14-15-16-21-31-22-24-32(25-23-31)28-19-17-27(18-20-28)29(33)26-30(34)35-2/h17-20,29,33H,3-16,21-26H2,1-2H3. The summed E-state index contributed by atoms with van der Waals surface area (Å²) in [5, 5.41) is 10.2. The molecule has 0 aromatic heterocycles. The fourth-order valence-electron chi connectivity index (χ4n) is 5.03. The summed E-state index contributed by atoms with van der Waals surface area (Å²) < 4.78 is 4.64. The van der Waals surface area contributed by atoms with Gasteiger partial charge in [0.2, 0.25) is 0 Å². The van der Waals surface area contributed by atoms with Crippen molar-refractivity contribution in [3.63, 3.8) is 0 Å². The third-order valence-electron chi connectivity index (χ3n) is 7.43. The van der Waals surface area contributed by atoms with Gasteiger partial charge in [-0.05, 0) is 30.7 Å². The van der Waals surface area contributed by atoms with Crippen LogP contribution >= 0.6 is 0 Å². The van der Waals surface area contributed by atoms with Gasteiger partial charge in [0.1, 0.15) is 0 Å². The van der Waals surface area contributed by atoms with Crippen LogP contribution in [0.1, 0.15) is 115 Å². The monoisotopic (exact) mass is 488 g/mol. The number of anilines is 1. The first-order valence-electron chi connectivity index (χ1n) is 14.5. The van der Waals surface area contributed by atoms with Crippen LogP contribution in [0, 0.1) is 0 Å². The maximum Gasteiger partial charge on any atom is 0.308 e. The second-order valence-corrected chi connectivity index (χ2v) is 10.3. The van der Waals surface area contributed by atoms with Crippen molar-refractivity contribution in [2.45, 2.75) is 109 Å². The second-order valence-electron chi connectivity index (χ2n) is 10.3. The van der Waals surface area contributed by atoms with E-state index >= 15 is 0 Å². The number of carbonyl (C=O) groups is 1. The first-order valence-corrected chi connectivity index (χ1v) is 14.5. The summed E-state index contributed by atoms with van der Waals surface area (Å²) in [5.74, 6) is -0.392. The lowest BCUT2D eigenvalue weighted by Crippen LogP contribution is -2.46. The number of unbranched alkanes of at least 4 members (excludes halogenated alkanes) is 13. The van der Waals surface area contributed by atoms with Gasteiger partial charge in [-0.2, -0.15) is 0 Å². The molecule has 1 aromatic rings. The van der Waals surface area contributed by atoms with Crippen molar-refractivity contribution in [2.24, 2.45) is 0 Å². The van der Waals surface area contributed by atoms with Crippen LogP contribution in [0.25, 0.3) is 0 Å². The molecule has 1 saturated heterocycles. The topological polar surface area (TPSA) is 53.0 Å². The number of hydrogen-bond acceptors (Lipinski definition) is 5. The molecule has 1 unspecified atom stereocenters. The number of nitrogens with zero attached hydrogens (tertiary/aromatic N) is 2. The molecular formula is C30H52N2O3. The van der Waals surface area contributed by atoms with Gasteiger partial charge in [-0.1, -0.05) is 103 Å². The Kier molecular flexibility index (Phi) is 15.8. The van der Waals surface area contributed by atoms with Gasteiger partial charge in [-0.15, -0.1) is 0 Å². The fraction of sp³-hybridized carbons (Fsp3) is 0.767. The first kappa shape index (κ1) is 29.6. The third-order valence-corrected chi connectivity index (χ3v) is 7.43. The second kappa shape index (κ2) is 18.6. The highest BCUT2D eigenvalue weighted by Crippen LogP contribution is 2.23. The predicted molar refractivity (Wildman–Crippen MR) is 147 cm³/mol. The molecular weight excluding hydrogens is 436 g/mol. The SMILES string of the molecule is CCCCCCCCCCCCCCCCN1CCN(c2ccc(C(O)CC(=O)OC)cc2)CC1. The zero-order chi connectivity index (χ0) is 25.1. The molecule has 1 N–H and O–H groups in total. The number of aliphatic hydroxyl groups excluding tert-OH is 1. The number of esters is 1. The first-order chi connectivity index (χ1) is 17.1. The molecule has 5 heteroatoms. The number of ether oxygens (including phenoxy) is 1. The summed E-state index contributed by atoms with van der Waals surface area (Å²) in [4.78, 5) is 16.4. The molecule has 0 amide bonds. The van der Waals surface area contributed by atoms with Crippen LogP contribution < -0.4 is 4.90 Å². The lowest BCUT2D eigenvalue weighted by atomic mass is 10.0. The van der Waals surface area contributed by atoms with Crippen molar-refractivity contribution in [3.05, 3.63) is 29.8 Å². The van der Waals surface area contributed by atoms with Gasteiger partial charge in [0.25, 0.3) is 0 Å². The van der Waals surface area contributed by atoms with Crippen molar-refractivity contribution in [1.82, 2.24) is 4.90 Å². The Labute approximate surface area is 215 Å². The molecule has 35 heavy (non-hydrogen) atoms. The molecule has 1 atom stereocenters. The van der Waals surface area contributed by atoms with Crippen LogP contribution in [-0.4, -0.2) is 55.8 Å². The highest BCUT2D eigenvalue weighted by molar-refractivity contribution is 5.70. The minimum atomic E-state index is -0.807. The summed E-state index contributed by atoms with van der Waals surface area (Å²) >= 11 is 0. The van der Waals surface area contributed by atoms with Crippen molar-refractivity contribution >= 4 is 11.7 Å². The van der Waals surface area contributed by atoms with E-state index < -0.39 is 12.1 Å². The Morgan fingerprint density at radius 3 is 1.77 bits per heavy atom. The summed E-state index contributed by atoms with van der Waals surface area (Å²) in [6.07, 6.45) is 19.0. The average molecular weight is 489 g/mol.